The fraction of sp³-hybridized carbons (Fsp3) is 0.438. The van der Waals surface area contributed by atoms with E-state index in [1.54, 1.807) is 50.5 Å². The average molecular weight is 770 g/mol. The maximum Gasteiger partial charge on any atom is 0.299 e. The van der Waals surface area contributed by atoms with E-state index < -0.39 is 50.8 Å². The van der Waals surface area contributed by atoms with Crippen LogP contribution < -0.4 is 0 Å². The van der Waals surface area contributed by atoms with Crippen LogP contribution in [-0.4, -0.2) is 120 Å². The average Bonchev–Trinajstić information content (AvgIpc) is 3.02. The van der Waals surface area contributed by atoms with Crippen LogP contribution in [0.1, 0.15) is 16.7 Å². The van der Waals surface area contributed by atoms with Crippen molar-refractivity contribution in [3.8, 4) is 0 Å². The Morgan fingerprint density at radius 1 is 0.600 bits per heavy atom. The number of alkyl halides is 2. The number of aryl methyl sites for hydroxylation is 3. The lowest BCUT2D eigenvalue weighted by atomic mass is 10.2. The van der Waals surface area contributed by atoms with E-state index in [4.69, 9.17) is 10.2 Å². The lowest BCUT2D eigenvalue weighted by Gasteiger charge is -2.24. The van der Waals surface area contributed by atoms with Crippen molar-refractivity contribution < 1.29 is 61.3 Å². The Balaban J connectivity index is 0.000000745. The first-order chi connectivity index (χ1) is 23.2. The Morgan fingerprint density at radius 2 is 0.920 bits per heavy atom. The summed E-state index contributed by atoms with van der Waals surface area (Å²) in [5, 5.41) is 16.5. The molecule has 13 nitrogen and oxygen atoms in total. The van der Waals surface area contributed by atoms with Crippen molar-refractivity contribution in [3.05, 3.63) is 89.5 Å². The molecule has 50 heavy (non-hydrogen) atoms. The first-order valence-corrected chi connectivity index (χ1v) is 19.1. The summed E-state index contributed by atoms with van der Waals surface area (Å²) in [5.74, 6) is 0. The summed E-state index contributed by atoms with van der Waals surface area (Å²) in [4.78, 5) is 1.76. The number of halogens is 2. The first kappa shape index (κ1) is 47.1. The van der Waals surface area contributed by atoms with E-state index in [1.807, 2.05) is 39.8 Å². The highest BCUT2D eigenvalue weighted by atomic mass is 32.2. The lowest BCUT2D eigenvalue weighted by molar-refractivity contribution is -0.903. The van der Waals surface area contributed by atoms with Gasteiger partial charge in [0.25, 0.3) is 30.4 Å². The third kappa shape index (κ3) is 19.5. The predicted molar refractivity (Wildman–Crippen MR) is 185 cm³/mol. The van der Waals surface area contributed by atoms with Crippen LogP contribution in [0.3, 0.4) is 0 Å². The molecule has 3 aromatic rings. The number of hydrogen-bond donors (Lipinski definition) is 2. The van der Waals surface area contributed by atoms with Crippen LogP contribution >= 0.6 is 0 Å². The number of rotatable bonds is 14. The van der Waals surface area contributed by atoms with E-state index in [9.17, 15) is 34.0 Å². The van der Waals surface area contributed by atoms with E-state index in [0.717, 1.165) is 23.2 Å². The molecular weight excluding hydrogens is 721 g/mol. The summed E-state index contributed by atoms with van der Waals surface area (Å²) in [7, 11) is -4.74. The molecule has 0 radical (unpaired) electrons. The largest absolute Gasteiger partial charge is 0.395 e. The van der Waals surface area contributed by atoms with Crippen molar-refractivity contribution in [1.82, 2.24) is 4.90 Å². The molecule has 0 amide bonds. The van der Waals surface area contributed by atoms with E-state index in [2.05, 4.69) is 12.5 Å². The standard InChI is InChI=1S/C15H16O6S2.C8H9FO3S.C5H13FNO.C4H11NO/c1-12-3-7-14(8-4-12)22(16,17)20-11-21-23(18,19)15-9-5-13(2)6-10-15;1-7-2-4-8(5-3-7)13(10,11)12-6-9;1-7(2,5-6)3-4-8;1-5(2)3-4-6/h3-10H,11H2,1-2H3;2-5H,6H2,1H3;8H,3-5H2,1-2H3;6H,3-4H2,1-2H3/q;;+1;/i;9-1;6-1;. The lowest BCUT2D eigenvalue weighted by Crippen LogP contribution is -2.40. The molecule has 0 aliphatic heterocycles. The normalized spacial score (nSPS) is 11.8. The van der Waals surface area contributed by atoms with Crippen LogP contribution in [0.25, 0.3) is 0 Å². The van der Waals surface area contributed by atoms with Gasteiger partial charge in [-0.2, -0.15) is 29.6 Å². The number of nitrogens with zero attached hydrogens (tertiary/aromatic N) is 2. The van der Waals surface area contributed by atoms with E-state index in [1.165, 1.54) is 36.4 Å². The fourth-order valence-corrected chi connectivity index (χ4v) is 5.40. The van der Waals surface area contributed by atoms with E-state index >= 15 is 0 Å². The molecule has 0 unspecified atom stereocenters. The highest BCUT2D eigenvalue weighted by Crippen LogP contribution is 2.17. The number of benzene rings is 3. The summed E-state index contributed by atoms with van der Waals surface area (Å²) in [6.45, 7) is 4.33. The molecule has 0 heterocycles. The Morgan fingerprint density at radius 3 is 1.12 bits per heavy atom. The van der Waals surface area contributed by atoms with E-state index in [0.29, 0.717) is 6.54 Å². The topological polar surface area (TPSA) is 174 Å². The van der Waals surface area contributed by atoms with Crippen LogP contribution in [0.15, 0.2) is 87.5 Å². The minimum Gasteiger partial charge on any atom is -0.395 e. The zero-order valence-corrected chi connectivity index (χ0v) is 31.8. The van der Waals surface area contributed by atoms with Crippen molar-refractivity contribution in [2.24, 2.45) is 0 Å². The van der Waals surface area contributed by atoms with Gasteiger partial charge in [0, 0.05) is 6.54 Å². The molecule has 0 spiro atoms. The Labute approximate surface area is 295 Å². The fourth-order valence-electron chi connectivity index (χ4n) is 3.05. The molecule has 0 fully saturated rings. The third-order valence-corrected chi connectivity index (χ3v) is 9.87. The van der Waals surface area contributed by atoms with Crippen molar-refractivity contribution in [1.29, 1.82) is 0 Å². The summed E-state index contributed by atoms with van der Waals surface area (Å²) in [6.07, 6.45) is 0. The van der Waals surface area contributed by atoms with Gasteiger partial charge in [-0.3, -0.25) is 0 Å². The van der Waals surface area contributed by atoms with Gasteiger partial charge in [0.2, 0.25) is 13.7 Å². The van der Waals surface area contributed by atoms with Gasteiger partial charge in [-0.25, -0.2) is 16.9 Å². The van der Waals surface area contributed by atoms with E-state index in [-0.39, 0.29) is 32.4 Å². The van der Waals surface area contributed by atoms with Gasteiger partial charge in [0.15, 0.2) is 6.79 Å². The molecule has 0 atom stereocenters. The smallest absolute Gasteiger partial charge is 0.299 e. The number of aliphatic hydroxyl groups is 2. The second-order valence-corrected chi connectivity index (χ2v) is 16.3. The number of aliphatic hydroxyl groups excluding tert-OH is 2. The minimum absolute atomic E-state index is 0.0317. The molecule has 0 saturated heterocycles. The van der Waals surface area contributed by atoms with Crippen LogP contribution in [0.4, 0.5) is 8.78 Å². The van der Waals surface area contributed by atoms with Crippen LogP contribution in [-0.2, 0) is 42.9 Å². The van der Waals surface area contributed by atoms with Gasteiger partial charge < -0.3 is 19.6 Å². The van der Waals surface area contributed by atoms with Gasteiger partial charge >= 0.3 is 0 Å². The second kappa shape index (κ2) is 22.8. The Bertz CT molecular complexity index is 1630. The maximum absolute atomic E-state index is 11.9. The molecule has 0 aromatic heterocycles. The number of quaternary nitrogens is 1. The highest BCUT2D eigenvalue weighted by Gasteiger charge is 2.20. The highest BCUT2D eigenvalue weighted by molar-refractivity contribution is 7.87. The Hall–Kier alpha value is -2.91. The SMILES string of the molecule is CN(C)CCO.C[N+](C)(C[18F])CCO.Cc1ccc(S(=O)(=O)OCOS(=O)(=O)c2ccc(C)cc2)cc1.Cc1ccc(S(=O)(=O)OC[18F])cc1. The Kier molecular flexibility index (Phi) is 21.5. The minimum atomic E-state index is -4.08. The summed E-state index contributed by atoms with van der Waals surface area (Å²) in [6, 6.07) is 17.9. The number of hydrogen-bond acceptors (Lipinski definition) is 12. The molecule has 284 valence electrons. The zero-order valence-electron chi connectivity index (χ0n) is 29.3. The van der Waals surface area contributed by atoms with Crippen molar-refractivity contribution in [3.63, 3.8) is 0 Å². The summed E-state index contributed by atoms with van der Waals surface area (Å²) < 4.78 is 107. The van der Waals surface area contributed by atoms with Crippen LogP contribution in [0, 0.1) is 20.8 Å². The molecular formula is C32H49F2N2O11S3+. The molecule has 0 aliphatic carbocycles. The van der Waals surface area contributed by atoms with Crippen molar-refractivity contribution >= 4 is 30.4 Å². The summed E-state index contributed by atoms with van der Waals surface area (Å²) in [5.41, 5.74) is 2.71. The summed E-state index contributed by atoms with van der Waals surface area (Å²) >= 11 is 0. The molecule has 2 N–H and O–H groups in total. The maximum atomic E-state index is 11.9. The van der Waals surface area contributed by atoms with Gasteiger partial charge in [0.05, 0.1) is 42.0 Å². The van der Waals surface area contributed by atoms with Gasteiger partial charge in [-0.1, -0.05) is 53.1 Å². The van der Waals surface area contributed by atoms with Crippen LogP contribution in [0.2, 0.25) is 0 Å². The second-order valence-electron chi connectivity index (χ2n) is 11.4. The molecule has 3 rings (SSSR count). The quantitative estimate of drug-likeness (QED) is 0.106. The number of likely N-dealkylation sites (N-methyl/N-ethyl adjacent to an activating group) is 2. The monoisotopic (exact) mass is 769 g/mol. The van der Waals surface area contributed by atoms with Gasteiger partial charge in [-0.05, 0) is 71.3 Å². The van der Waals surface area contributed by atoms with Crippen molar-refractivity contribution in [2.75, 3.05) is 74.9 Å². The van der Waals surface area contributed by atoms with Crippen LogP contribution in [0.5, 0.6) is 0 Å². The van der Waals surface area contributed by atoms with Crippen molar-refractivity contribution in [2.45, 2.75) is 35.5 Å². The molecule has 0 saturated carbocycles. The molecule has 18 heteroatoms. The van der Waals surface area contributed by atoms with Gasteiger partial charge in [0.1, 0.15) is 6.54 Å². The molecule has 0 bridgehead atoms. The predicted octanol–water partition coefficient (Wildman–Crippen LogP) is 3.52. The molecule has 0 aliphatic rings. The third-order valence-electron chi connectivity index (χ3n) is 6.11. The first-order valence-electron chi connectivity index (χ1n) is 14.8. The van der Waals surface area contributed by atoms with Gasteiger partial charge in [-0.15, -0.1) is 0 Å². The molecule has 3 aromatic carbocycles. The zero-order chi connectivity index (χ0) is 38.6.